The molecule has 0 saturated heterocycles. The van der Waals surface area contributed by atoms with Crippen LogP contribution in [0.2, 0.25) is 0 Å². The van der Waals surface area contributed by atoms with E-state index in [2.05, 4.69) is 5.10 Å². The molecule has 3 aromatic rings. The van der Waals surface area contributed by atoms with E-state index in [-0.39, 0.29) is 17.9 Å². The van der Waals surface area contributed by atoms with Crippen LogP contribution in [0.25, 0.3) is 16.6 Å². The van der Waals surface area contributed by atoms with Crippen molar-refractivity contribution in [2.45, 2.75) is 6.92 Å². The number of hydrogen-bond acceptors (Lipinski definition) is 5. The zero-order valence-corrected chi connectivity index (χ0v) is 12.5. The maximum atomic E-state index is 12.6. The number of esters is 1. The van der Waals surface area contributed by atoms with E-state index in [1.807, 2.05) is 0 Å². The normalized spacial score (nSPS) is 11.0. The number of carbonyl (C=O) groups excluding carboxylic acids is 1. The summed E-state index contributed by atoms with van der Waals surface area (Å²) < 4.78 is 13.1. The number of fused-ring (bicyclic) bond motifs is 2. The lowest BCUT2D eigenvalue weighted by atomic mass is 10.2. The summed E-state index contributed by atoms with van der Waals surface area (Å²) in [6.45, 7) is 1.97. The molecule has 114 valence electrons. The fraction of sp³-hybridized carbons (Fsp3) is 0.267. The second-order valence-corrected chi connectivity index (χ2v) is 4.77. The average Bonchev–Trinajstić information content (AvgIpc) is 2.98. The van der Waals surface area contributed by atoms with Crippen molar-refractivity contribution in [3.8, 4) is 5.75 Å². The molecule has 3 rings (SSSR count). The Morgan fingerprint density at radius 2 is 2.09 bits per heavy atom. The van der Waals surface area contributed by atoms with Crippen molar-refractivity contribution in [2.24, 2.45) is 7.05 Å². The Bertz CT molecular complexity index is 939. The van der Waals surface area contributed by atoms with E-state index < -0.39 is 5.97 Å². The van der Waals surface area contributed by atoms with Gasteiger partial charge in [0.1, 0.15) is 11.4 Å². The maximum absolute atomic E-state index is 12.6. The predicted molar refractivity (Wildman–Crippen MR) is 80.4 cm³/mol. The monoisotopic (exact) mass is 301 g/mol. The number of carbonyl (C=O) groups is 1. The van der Waals surface area contributed by atoms with Gasteiger partial charge < -0.3 is 14.0 Å². The minimum Gasteiger partial charge on any atom is -0.497 e. The van der Waals surface area contributed by atoms with E-state index in [1.165, 1.54) is 11.6 Å². The number of nitrogens with zero attached hydrogens (tertiary/aromatic N) is 3. The van der Waals surface area contributed by atoms with Crippen LogP contribution in [-0.4, -0.2) is 33.9 Å². The Kier molecular flexibility index (Phi) is 3.32. The largest absolute Gasteiger partial charge is 0.497 e. The Morgan fingerprint density at radius 1 is 1.32 bits per heavy atom. The molecule has 0 atom stereocenters. The minimum atomic E-state index is -0.549. The first-order valence-electron chi connectivity index (χ1n) is 6.80. The van der Waals surface area contributed by atoms with Gasteiger partial charge in [-0.1, -0.05) is 0 Å². The molecule has 0 amide bonds. The SMILES string of the molecule is CCOC(=O)c1cc2n(C)c3ccc(OC)cc3c(=O)n2n1. The fourth-order valence-electron chi connectivity index (χ4n) is 2.41. The molecular formula is C15H15N3O4. The van der Waals surface area contributed by atoms with Crippen LogP contribution in [0.1, 0.15) is 17.4 Å². The van der Waals surface area contributed by atoms with Gasteiger partial charge in [-0.3, -0.25) is 4.79 Å². The lowest BCUT2D eigenvalue weighted by Crippen LogP contribution is -2.19. The van der Waals surface area contributed by atoms with E-state index in [4.69, 9.17) is 9.47 Å². The summed E-state index contributed by atoms with van der Waals surface area (Å²) in [6, 6.07) is 6.78. The first kappa shape index (κ1) is 14.1. The first-order chi connectivity index (χ1) is 10.6. The molecule has 0 radical (unpaired) electrons. The summed E-state index contributed by atoms with van der Waals surface area (Å²) in [6.07, 6.45) is 0. The van der Waals surface area contributed by atoms with Gasteiger partial charge in [-0.05, 0) is 25.1 Å². The molecule has 0 saturated carbocycles. The Morgan fingerprint density at radius 3 is 2.77 bits per heavy atom. The van der Waals surface area contributed by atoms with Crippen LogP contribution >= 0.6 is 0 Å². The average molecular weight is 301 g/mol. The van der Waals surface area contributed by atoms with Crippen molar-refractivity contribution in [3.05, 3.63) is 40.3 Å². The number of aromatic nitrogens is 3. The third kappa shape index (κ3) is 2.02. The summed E-state index contributed by atoms with van der Waals surface area (Å²) in [5.41, 5.74) is 1.05. The molecular weight excluding hydrogens is 286 g/mol. The van der Waals surface area contributed by atoms with Crippen molar-refractivity contribution >= 4 is 22.5 Å². The minimum absolute atomic E-state index is 0.108. The molecule has 0 fully saturated rings. The van der Waals surface area contributed by atoms with Gasteiger partial charge in [0.15, 0.2) is 5.69 Å². The van der Waals surface area contributed by atoms with Gasteiger partial charge >= 0.3 is 5.97 Å². The molecule has 0 spiro atoms. The summed E-state index contributed by atoms with van der Waals surface area (Å²) in [4.78, 5) is 24.4. The topological polar surface area (TPSA) is 74.8 Å². The van der Waals surface area contributed by atoms with Crippen molar-refractivity contribution in [1.82, 2.24) is 14.2 Å². The van der Waals surface area contributed by atoms with E-state index in [1.54, 1.807) is 42.8 Å². The van der Waals surface area contributed by atoms with Gasteiger partial charge in [0.05, 0.1) is 24.6 Å². The van der Waals surface area contributed by atoms with Crippen LogP contribution in [0.15, 0.2) is 29.1 Å². The number of benzene rings is 1. The van der Waals surface area contributed by atoms with Gasteiger partial charge in [0, 0.05) is 13.1 Å². The summed E-state index contributed by atoms with van der Waals surface area (Å²) in [5.74, 6) is 0.0361. The van der Waals surface area contributed by atoms with Crippen molar-refractivity contribution < 1.29 is 14.3 Å². The molecule has 1 aromatic carbocycles. The van der Waals surface area contributed by atoms with Gasteiger partial charge in [0.25, 0.3) is 5.56 Å². The third-order valence-corrected chi connectivity index (χ3v) is 3.51. The lowest BCUT2D eigenvalue weighted by Gasteiger charge is -2.08. The molecule has 2 heterocycles. The highest BCUT2D eigenvalue weighted by molar-refractivity contribution is 5.89. The van der Waals surface area contributed by atoms with Crippen LogP contribution in [0.5, 0.6) is 5.75 Å². The molecule has 22 heavy (non-hydrogen) atoms. The van der Waals surface area contributed by atoms with Crippen LogP contribution in [-0.2, 0) is 11.8 Å². The highest BCUT2D eigenvalue weighted by Crippen LogP contribution is 2.19. The molecule has 2 aromatic heterocycles. The lowest BCUT2D eigenvalue weighted by molar-refractivity contribution is 0.0519. The van der Waals surface area contributed by atoms with E-state index >= 15 is 0 Å². The van der Waals surface area contributed by atoms with Gasteiger partial charge in [-0.2, -0.15) is 9.61 Å². The number of methoxy groups -OCH3 is 1. The van der Waals surface area contributed by atoms with Gasteiger partial charge in [0.2, 0.25) is 0 Å². The molecule has 7 heteroatoms. The smallest absolute Gasteiger partial charge is 0.358 e. The summed E-state index contributed by atoms with van der Waals surface area (Å²) in [7, 11) is 3.34. The number of ether oxygens (including phenoxy) is 2. The molecule has 0 aliphatic rings. The highest BCUT2D eigenvalue weighted by Gasteiger charge is 2.17. The van der Waals surface area contributed by atoms with E-state index in [0.717, 1.165) is 5.52 Å². The van der Waals surface area contributed by atoms with Crippen molar-refractivity contribution in [3.63, 3.8) is 0 Å². The predicted octanol–water partition coefficient (Wildman–Crippen LogP) is 1.37. The van der Waals surface area contributed by atoms with Crippen LogP contribution in [0, 0.1) is 0 Å². The van der Waals surface area contributed by atoms with Crippen LogP contribution in [0.3, 0.4) is 0 Å². The Hall–Kier alpha value is -2.83. The second kappa shape index (κ2) is 5.18. The Balaban J connectivity index is 2.34. The zero-order chi connectivity index (χ0) is 15.9. The second-order valence-electron chi connectivity index (χ2n) is 4.77. The molecule has 0 aliphatic heterocycles. The first-order valence-corrected chi connectivity index (χ1v) is 6.80. The van der Waals surface area contributed by atoms with Crippen molar-refractivity contribution in [2.75, 3.05) is 13.7 Å². The highest BCUT2D eigenvalue weighted by atomic mass is 16.5. The quantitative estimate of drug-likeness (QED) is 0.683. The molecule has 0 N–H and O–H groups in total. The number of hydrogen-bond donors (Lipinski definition) is 0. The summed E-state index contributed by atoms with van der Waals surface area (Å²) in [5, 5.41) is 4.53. The Labute approximate surface area is 125 Å². The third-order valence-electron chi connectivity index (χ3n) is 3.51. The molecule has 0 aliphatic carbocycles. The zero-order valence-electron chi connectivity index (χ0n) is 12.5. The van der Waals surface area contributed by atoms with E-state index in [9.17, 15) is 9.59 Å². The number of rotatable bonds is 3. The van der Waals surface area contributed by atoms with Gasteiger partial charge in [-0.25, -0.2) is 4.79 Å². The van der Waals surface area contributed by atoms with Gasteiger partial charge in [-0.15, -0.1) is 0 Å². The standard InChI is InChI=1S/C15H15N3O4/c1-4-22-15(20)11-8-13-17(2)12-6-5-9(21-3)7-10(12)14(19)18(13)16-11/h5-8H,4H2,1-3H3. The molecule has 7 nitrogen and oxygen atoms in total. The fourth-order valence-corrected chi connectivity index (χ4v) is 2.41. The maximum Gasteiger partial charge on any atom is 0.358 e. The number of aryl methyl sites for hydroxylation is 1. The summed E-state index contributed by atoms with van der Waals surface area (Å²) >= 11 is 0. The molecule has 0 unspecified atom stereocenters. The molecule has 0 bridgehead atoms. The van der Waals surface area contributed by atoms with Crippen LogP contribution < -0.4 is 10.3 Å². The van der Waals surface area contributed by atoms with E-state index in [0.29, 0.717) is 16.8 Å². The van der Waals surface area contributed by atoms with Crippen molar-refractivity contribution in [1.29, 1.82) is 0 Å². The van der Waals surface area contributed by atoms with Crippen LogP contribution in [0.4, 0.5) is 0 Å².